The van der Waals surface area contributed by atoms with Gasteiger partial charge in [0, 0.05) is 17.8 Å². The zero-order valence-electron chi connectivity index (χ0n) is 13.2. The van der Waals surface area contributed by atoms with Gasteiger partial charge in [-0.25, -0.2) is 17.8 Å². The molecule has 7 heteroatoms. The first kappa shape index (κ1) is 16.2. The van der Waals surface area contributed by atoms with Crippen LogP contribution in [0.5, 0.6) is 0 Å². The van der Waals surface area contributed by atoms with Crippen molar-refractivity contribution in [1.82, 2.24) is 14.5 Å². The number of nitrogens with one attached hydrogen (secondary N) is 1. The summed E-state index contributed by atoms with van der Waals surface area (Å²) in [7, 11) is -3.63. The van der Waals surface area contributed by atoms with Crippen LogP contribution >= 0.6 is 0 Å². The first-order chi connectivity index (χ1) is 11.5. The summed E-state index contributed by atoms with van der Waals surface area (Å²) in [5, 5.41) is 4.32. The van der Waals surface area contributed by atoms with E-state index >= 15 is 0 Å². The van der Waals surface area contributed by atoms with Gasteiger partial charge in [0.25, 0.3) is 0 Å². The van der Waals surface area contributed by atoms with Gasteiger partial charge in [0.1, 0.15) is 0 Å². The van der Waals surface area contributed by atoms with Crippen molar-refractivity contribution in [2.75, 3.05) is 12.3 Å². The van der Waals surface area contributed by atoms with Gasteiger partial charge in [-0.05, 0) is 36.4 Å². The molecule has 0 fully saturated rings. The van der Waals surface area contributed by atoms with Crippen LogP contribution in [-0.2, 0) is 10.0 Å². The maximum Gasteiger partial charge on any atom is 0.241 e. The van der Waals surface area contributed by atoms with E-state index < -0.39 is 10.0 Å². The largest absolute Gasteiger partial charge is 0.399 e. The smallest absolute Gasteiger partial charge is 0.241 e. The van der Waals surface area contributed by atoms with Crippen LogP contribution in [0.1, 0.15) is 6.92 Å². The molecule has 0 aliphatic rings. The third-order valence-corrected chi connectivity index (χ3v) is 5.15. The Morgan fingerprint density at radius 1 is 1.12 bits per heavy atom. The van der Waals surface area contributed by atoms with Crippen LogP contribution in [0.4, 0.5) is 5.69 Å². The molecule has 0 unspecified atom stereocenters. The number of aromatic nitrogens is 2. The lowest BCUT2D eigenvalue weighted by Crippen LogP contribution is -2.24. The molecule has 0 bridgehead atoms. The summed E-state index contributed by atoms with van der Waals surface area (Å²) in [6.45, 7) is 2.05. The Hall–Kier alpha value is -2.64. The summed E-state index contributed by atoms with van der Waals surface area (Å²) in [6.07, 6.45) is 1.63. The Kier molecular flexibility index (Phi) is 4.37. The number of nitrogen functional groups attached to an aromatic ring is 1. The minimum Gasteiger partial charge on any atom is -0.399 e. The van der Waals surface area contributed by atoms with E-state index in [9.17, 15) is 8.42 Å². The van der Waals surface area contributed by atoms with Gasteiger partial charge >= 0.3 is 0 Å². The van der Waals surface area contributed by atoms with E-state index in [1.165, 1.54) is 6.07 Å². The molecule has 0 atom stereocenters. The summed E-state index contributed by atoms with van der Waals surface area (Å²) in [5.74, 6) is 0. The zero-order valence-corrected chi connectivity index (χ0v) is 14.0. The molecule has 124 valence electrons. The monoisotopic (exact) mass is 342 g/mol. The maximum absolute atomic E-state index is 12.5. The summed E-state index contributed by atoms with van der Waals surface area (Å²) < 4.78 is 29.3. The highest BCUT2D eigenvalue weighted by Crippen LogP contribution is 2.30. The first-order valence-electron chi connectivity index (χ1n) is 7.52. The fourth-order valence-electron chi connectivity index (χ4n) is 2.53. The SMILES string of the molecule is CCNS(=O)(=O)c1ccc(N)cc1-c1ccnn1-c1ccccc1. The van der Waals surface area contributed by atoms with Crippen LogP contribution in [0, 0.1) is 0 Å². The van der Waals surface area contributed by atoms with Gasteiger partial charge in [-0.15, -0.1) is 0 Å². The Labute approximate surface area is 141 Å². The van der Waals surface area contributed by atoms with Crippen LogP contribution in [0.2, 0.25) is 0 Å². The minimum absolute atomic E-state index is 0.177. The van der Waals surface area contributed by atoms with Gasteiger partial charge < -0.3 is 5.73 Å². The molecular formula is C17H18N4O2S. The molecule has 0 aliphatic carbocycles. The van der Waals surface area contributed by atoms with E-state index in [2.05, 4.69) is 9.82 Å². The van der Waals surface area contributed by atoms with E-state index in [-0.39, 0.29) is 4.90 Å². The highest BCUT2D eigenvalue weighted by atomic mass is 32.2. The van der Waals surface area contributed by atoms with Crippen molar-refractivity contribution in [2.45, 2.75) is 11.8 Å². The van der Waals surface area contributed by atoms with Crippen LogP contribution in [0.15, 0.2) is 65.7 Å². The van der Waals surface area contributed by atoms with E-state index in [4.69, 9.17) is 5.73 Å². The maximum atomic E-state index is 12.5. The molecule has 24 heavy (non-hydrogen) atoms. The highest BCUT2D eigenvalue weighted by molar-refractivity contribution is 7.89. The van der Waals surface area contributed by atoms with Crippen LogP contribution in [-0.4, -0.2) is 24.7 Å². The molecule has 3 N–H and O–H groups in total. The van der Waals surface area contributed by atoms with E-state index in [1.54, 1.807) is 36.0 Å². The molecule has 0 radical (unpaired) electrons. The second-order valence-corrected chi connectivity index (χ2v) is 6.96. The summed E-state index contributed by atoms with van der Waals surface area (Å²) in [5.41, 5.74) is 8.39. The van der Waals surface area contributed by atoms with Crippen molar-refractivity contribution in [3.05, 3.63) is 60.8 Å². The second kappa shape index (κ2) is 6.46. The first-order valence-corrected chi connectivity index (χ1v) is 9.00. The van der Waals surface area contributed by atoms with Crippen LogP contribution < -0.4 is 10.5 Å². The van der Waals surface area contributed by atoms with Gasteiger partial charge in [0.15, 0.2) is 0 Å². The average Bonchev–Trinajstić information content (AvgIpc) is 3.05. The fourth-order valence-corrected chi connectivity index (χ4v) is 3.77. The topological polar surface area (TPSA) is 90.0 Å². The molecule has 2 aromatic carbocycles. The third-order valence-electron chi connectivity index (χ3n) is 3.55. The second-order valence-electron chi connectivity index (χ2n) is 5.22. The highest BCUT2D eigenvalue weighted by Gasteiger charge is 2.21. The molecule has 1 heterocycles. The van der Waals surface area contributed by atoms with Crippen LogP contribution in [0.3, 0.4) is 0 Å². The Balaban J connectivity index is 2.22. The molecule has 0 spiro atoms. The van der Waals surface area contributed by atoms with Crippen molar-refractivity contribution in [1.29, 1.82) is 0 Å². The summed E-state index contributed by atoms with van der Waals surface area (Å²) >= 11 is 0. The normalized spacial score (nSPS) is 11.5. The lowest BCUT2D eigenvalue weighted by molar-refractivity contribution is 0.584. The van der Waals surface area contributed by atoms with E-state index in [0.717, 1.165) is 5.69 Å². The number of sulfonamides is 1. The number of benzene rings is 2. The van der Waals surface area contributed by atoms with Crippen molar-refractivity contribution in [3.8, 4) is 16.9 Å². The molecule has 6 nitrogen and oxygen atoms in total. The Bertz CT molecular complexity index is 950. The number of anilines is 1. The number of nitrogens with two attached hydrogens (primary N) is 1. The molecule has 0 saturated heterocycles. The van der Waals surface area contributed by atoms with Crippen molar-refractivity contribution >= 4 is 15.7 Å². The van der Waals surface area contributed by atoms with Gasteiger partial charge in [-0.2, -0.15) is 5.10 Å². The standard InChI is InChI=1S/C17H18N4O2S/c1-2-20-24(22,23)17-9-8-13(18)12-15(17)16-10-11-19-21(16)14-6-4-3-5-7-14/h3-12,20H,2,18H2,1H3. The number of rotatable bonds is 5. The van der Waals surface area contributed by atoms with Gasteiger partial charge in [-0.1, -0.05) is 25.1 Å². The van der Waals surface area contributed by atoms with Crippen molar-refractivity contribution < 1.29 is 8.42 Å². The molecule has 1 aromatic heterocycles. The average molecular weight is 342 g/mol. The Morgan fingerprint density at radius 2 is 1.88 bits per heavy atom. The quantitative estimate of drug-likeness (QED) is 0.697. The number of nitrogens with zero attached hydrogens (tertiary/aromatic N) is 2. The Morgan fingerprint density at radius 3 is 2.58 bits per heavy atom. The number of para-hydroxylation sites is 1. The predicted octanol–water partition coefficient (Wildman–Crippen LogP) is 2.42. The van der Waals surface area contributed by atoms with Gasteiger partial charge in [0.05, 0.1) is 22.5 Å². The number of hydrogen-bond donors (Lipinski definition) is 2. The van der Waals surface area contributed by atoms with Crippen LogP contribution in [0.25, 0.3) is 16.9 Å². The third kappa shape index (κ3) is 3.04. The predicted molar refractivity (Wildman–Crippen MR) is 94.3 cm³/mol. The summed E-state index contributed by atoms with van der Waals surface area (Å²) in [6, 6.07) is 16.0. The molecule has 0 saturated carbocycles. The zero-order chi connectivity index (χ0) is 17.2. The van der Waals surface area contributed by atoms with E-state index in [1.807, 2.05) is 30.3 Å². The lowest BCUT2D eigenvalue weighted by Gasteiger charge is -2.13. The lowest BCUT2D eigenvalue weighted by atomic mass is 10.1. The number of hydrogen-bond acceptors (Lipinski definition) is 4. The van der Waals surface area contributed by atoms with Gasteiger partial charge in [0.2, 0.25) is 10.0 Å². The van der Waals surface area contributed by atoms with Crippen molar-refractivity contribution in [2.24, 2.45) is 0 Å². The minimum atomic E-state index is -3.63. The molecular weight excluding hydrogens is 324 g/mol. The molecule has 3 aromatic rings. The molecule has 0 aliphatic heterocycles. The van der Waals surface area contributed by atoms with Crippen molar-refractivity contribution in [3.63, 3.8) is 0 Å². The molecule has 3 rings (SSSR count). The summed E-state index contributed by atoms with van der Waals surface area (Å²) in [4.78, 5) is 0.177. The molecule has 0 amide bonds. The van der Waals surface area contributed by atoms with Gasteiger partial charge in [-0.3, -0.25) is 0 Å². The van der Waals surface area contributed by atoms with E-state index in [0.29, 0.717) is 23.5 Å². The fraction of sp³-hybridized carbons (Fsp3) is 0.118.